The van der Waals surface area contributed by atoms with Gasteiger partial charge in [-0.25, -0.2) is 0 Å². The number of esters is 1. The lowest BCUT2D eigenvalue weighted by molar-refractivity contribution is -0.141. The largest absolute Gasteiger partial charge is 0.466 e. The summed E-state index contributed by atoms with van der Waals surface area (Å²) in [5.74, 6) is 0.264. The van der Waals surface area contributed by atoms with Crippen LogP contribution >= 0.6 is 0 Å². The summed E-state index contributed by atoms with van der Waals surface area (Å²) in [4.78, 5) is 10.7. The topological polar surface area (TPSA) is 35.5 Å². The van der Waals surface area contributed by atoms with Gasteiger partial charge in [0.25, 0.3) is 0 Å². The minimum absolute atomic E-state index is 0.0120. The fraction of sp³-hybridized carbons (Fsp3) is 0.688. The van der Waals surface area contributed by atoms with Gasteiger partial charge in [0.15, 0.2) is 0 Å². The van der Waals surface area contributed by atoms with Gasteiger partial charge in [0, 0.05) is 6.92 Å². The fourth-order valence-electron chi connectivity index (χ4n) is 2.28. The predicted octanol–water partition coefficient (Wildman–Crippen LogP) is 3.65. The second kappa shape index (κ2) is 7.49. The van der Waals surface area contributed by atoms with Crippen molar-refractivity contribution in [3.63, 3.8) is 0 Å². The van der Waals surface area contributed by atoms with Gasteiger partial charge in [0.05, 0.1) is 18.8 Å². The van der Waals surface area contributed by atoms with Crippen LogP contribution in [0.1, 0.15) is 46.5 Å². The van der Waals surface area contributed by atoms with Crippen LogP contribution < -0.4 is 0 Å². The van der Waals surface area contributed by atoms with Crippen LogP contribution in [0.4, 0.5) is 0 Å². The molecule has 1 aliphatic heterocycles. The zero-order valence-electron chi connectivity index (χ0n) is 12.4. The molecule has 1 saturated heterocycles. The van der Waals surface area contributed by atoms with E-state index in [2.05, 4.69) is 27.0 Å². The van der Waals surface area contributed by atoms with Crippen molar-refractivity contribution in [1.29, 1.82) is 0 Å². The van der Waals surface area contributed by atoms with Crippen molar-refractivity contribution in [2.75, 3.05) is 6.61 Å². The van der Waals surface area contributed by atoms with E-state index in [4.69, 9.17) is 9.47 Å². The minimum atomic E-state index is -0.231. The van der Waals surface area contributed by atoms with Gasteiger partial charge < -0.3 is 9.47 Å². The Morgan fingerprint density at radius 1 is 1.47 bits per heavy atom. The van der Waals surface area contributed by atoms with Crippen molar-refractivity contribution in [2.45, 2.75) is 58.7 Å². The summed E-state index contributed by atoms with van der Waals surface area (Å²) in [6, 6.07) is 0. The SMILES string of the molecule is C=C1CC[C@@H](C(C)C)O[C@@H](CCCOC(C)=O)C1=C. The molecule has 1 rings (SSSR count). The molecular weight excluding hydrogens is 240 g/mol. The zero-order chi connectivity index (χ0) is 14.4. The van der Waals surface area contributed by atoms with E-state index in [0.717, 1.165) is 36.8 Å². The van der Waals surface area contributed by atoms with Crippen LogP contribution in [-0.2, 0) is 14.3 Å². The lowest BCUT2D eigenvalue weighted by Gasteiger charge is -2.25. The molecule has 108 valence electrons. The molecule has 0 bridgehead atoms. The smallest absolute Gasteiger partial charge is 0.302 e. The molecule has 0 unspecified atom stereocenters. The molecule has 1 aliphatic rings. The number of hydrogen-bond acceptors (Lipinski definition) is 3. The molecule has 1 fully saturated rings. The molecule has 0 radical (unpaired) electrons. The van der Waals surface area contributed by atoms with E-state index in [1.54, 1.807) is 0 Å². The molecule has 19 heavy (non-hydrogen) atoms. The molecule has 0 amide bonds. The minimum Gasteiger partial charge on any atom is -0.466 e. The average Bonchev–Trinajstić information content (AvgIpc) is 2.47. The third-order valence-corrected chi connectivity index (χ3v) is 3.57. The summed E-state index contributed by atoms with van der Waals surface area (Å²) < 4.78 is 11.1. The van der Waals surface area contributed by atoms with E-state index in [-0.39, 0.29) is 18.2 Å². The highest BCUT2D eigenvalue weighted by Crippen LogP contribution is 2.31. The third-order valence-electron chi connectivity index (χ3n) is 3.57. The Kier molecular flexibility index (Phi) is 6.29. The van der Waals surface area contributed by atoms with Gasteiger partial charge in [0.2, 0.25) is 0 Å². The van der Waals surface area contributed by atoms with Crippen molar-refractivity contribution in [3.05, 3.63) is 24.3 Å². The number of ether oxygens (including phenoxy) is 2. The highest BCUT2D eigenvalue weighted by molar-refractivity contribution is 5.65. The first kappa shape index (κ1) is 16.0. The van der Waals surface area contributed by atoms with Crippen LogP contribution in [0, 0.1) is 5.92 Å². The van der Waals surface area contributed by atoms with Crippen LogP contribution in [-0.4, -0.2) is 24.8 Å². The second-order valence-corrected chi connectivity index (χ2v) is 5.56. The van der Waals surface area contributed by atoms with Crippen molar-refractivity contribution in [1.82, 2.24) is 0 Å². The van der Waals surface area contributed by atoms with Crippen LogP contribution in [0.15, 0.2) is 24.3 Å². The molecule has 0 aromatic carbocycles. The molecule has 1 heterocycles. The van der Waals surface area contributed by atoms with E-state index in [0.29, 0.717) is 12.5 Å². The summed E-state index contributed by atoms with van der Waals surface area (Å²) in [5, 5.41) is 0. The Morgan fingerprint density at radius 2 is 2.16 bits per heavy atom. The third kappa shape index (κ3) is 5.19. The Bertz CT molecular complexity index is 344. The summed E-state index contributed by atoms with van der Waals surface area (Å²) in [6.07, 6.45) is 3.86. The first-order valence-corrected chi connectivity index (χ1v) is 7.07. The number of hydrogen-bond donors (Lipinski definition) is 0. The molecule has 3 nitrogen and oxygen atoms in total. The van der Waals surface area contributed by atoms with Gasteiger partial charge in [0.1, 0.15) is 0 Å². The van der Waals surface area contributed by atoms with Gasteiger partial charge in [-0.1, -0.05) is 27.0 Å². The highest BCUT2D eigenvalue weighted by Gasteiger charge is 2.26. The van der Waals surface area contributed by atoms with E-state index in [1.165, 1.54) is 6.92 Å². The molecule has 0 aromatic heterocycles. The first-order valence-electron chi connectivity index (χ1n) is 7.07. The maximum Gasteiger partial charge on any atom is 0.302 e. The molecular formula is C16H26O3. The molecule has 2 atom stereocenters. The van der Waals surface area contributed by atoms with Gasteiger partial charge in [-0.15, -0.1) is 0 Å². The lowest BCUT2D eigenvalue weighted by Crippen LogP contribution is -2.25. The molecule has 0 spiro atoms. The summed E-state index contributed by atoms with van der Waals surface area (Å²) >= 11 is 0. The van der Waals surface area contributed by atoms with Crippen molar-refractivity contribution in [2.24, 2.45) is 5.92 Å². The van der Waals surface area contributed by atoms with Gasteiger partial charge in [-0.3, -0.25) is 4.79 Å². The van der Waals surface area contributed by atoms with Crippen molar-refractivity contribution in [3.8, 4) is 0 Å². The van der Waals surface area contributed by atoms with E-state index < -0.39 is 0 Å². The predicted molar refractivity (Wildman–Crippen MR) is 76.9 cm³/mol. The van der Waals surface area contributed by atoms with Crippen LogP contribution in [0.25, 0.3) is 0 Å². The molecule has 0 aliphatic carbocycles. The highest BCUT2D eigenvalue weighted by atomic mass is 16.5. The normalized spacial score (nSPS) is 24.4. The maximum atomic E-state index is 10.7. The average molecular weight is 266 g/mol. The second-order valence-electron chi connectivity index (χ2n) is 5.56. The Labute approximate surface area is 116 Å². The lowest BCUT2D eigenvalue weighted by atomic mass is 9.96. The standard InChI is InChI=1S/C16H26O3/c1-11(2)15-9-8-12(3)13(4)16(19-15)7-6-10-18-14(5)17/h11,15-16H,3-4,6-10H2,1-2,5H3/t15-,16-/m0/s1. The fourth-order valence-corrected chi connectivity index (χ4v) is 2.28. The number of carbonyl (C=O) groups is 1. The van der Waals surface area contributed by atoms with Gasteiger partial charge in [-0.2, -0.15) is 0 Å². The van der Waals surface area contributed by atoms with E-state index in [9.17, 15) is 4.79 Å². The van der Waals surface area contributed by atoms with Crippen LogP contribution in [0.5, 0.6) is 0 Å². The number of carbonyl (C=O) groups excluding carboxylic acids is 1. The van der Waals surface area contributed by atoms with Crippen LogP contribution in [0.3, 0.4) is 0 Å². The quantitative estimate of drug-likeness (QED) is 0.563. The van der Waals surface area contributed by atoms with Gasteiger partial charge in [-0.05, 0) is 42.7 Å². The van der Waals surface area contributed by atoms with E-state index >= 15 is 0 Å². The van der Waals surface area contributed by atoms with Crippen molar-refractivity contribution < 1.29 is 14.3 Å². The molecule has 0 saturated carbocycles. The zero-order valence-corrected chi connectivity index (χ0v) is 12.4. The summed E-state index contributed by atoms with van der Waals surface area (Å²) in [7, 11) is 0. The van der Waals surface area contributed by atoms with Crippen LogP contribution in [0.2, 0.25) is 0 Å². The Balaban J connectivity index is 2.53. The van der Waals surface area contributed by atoms with Crippen molar-refractivity contribution >= 4 is 5.97 Å². The number of rotatable bonds is 5. The molecule has 3 heteroatoms. The molecule has 0 aromatic rings. The summed E-state index contributed by atoms with van der Waals surface area (Å²) in [6.45, 7) is 14.4. The Hall–Kier alpha value is -1.09. The first-order chi connectivity index (χ1) is 8.91. The van der Waals surface area contributed by atoms with Gasteiger partial charge >= 0.3 is 5.97 Å². The Morgan fingerprint density at radius 3 is 2.74 bits per heavy atom. The van der Waals surface area contributed by atoms with E-state index in [1.807, 2.05) is 0 Å². The summed E-state index contributed by atoms with van der Waals surface area (Å²) in [5.41, 5.74) is 2.10. The monoisotopic (exact) mass is 266 g/mol. The maximum absolute atomic E-state index is 10.7. The molecule has 0 N–H and O–H groups in total.